The molecule has 0 saturated heterocycles. The number of phenols is 1. The van der Waals surface area contributed by atoms with E-state index in [0.717, 1.165) is 19.2 Å². The first-order chi connectivity index (χ1) is 7.51. The number of phenolic OH excluding ortho intramolecular Hbond substituents is 1. The Bertz CT molecular complexity index is 414. The lowest BCUT2D eigenvalue weighted by Gasteiger charge is -2.13. The molecule has 96 valence electrons. The van der Waals surface area contributed by atoms with E-state index in [-0.39, 0.29) is 29.5 Å². The molecule has 0 aromatic heterocycles. The topological polar surface area (TPSA) is 81.8 Å². The first-order valence-corrected chi connectivity index (χ1v) is 4.41. The van der Waals surface area contributed by atoms with Crippen LogP contribution in [0.1, 0.15) is 11.6 Å². The van der Waals surface area contributed by atoms with E-state index in [1.807, 2.05) is 0 Å². The number of methoxy groups -OCH3 is 2. The van der Waals surface area contributed by atoms with Crippen LogP contribution in [0.25, 0.3) is 0 Å². The Hall–Kier alpha value is -1.53. The van der Waals surface area contributed by atoms with Gasteiger partial charge in [0.25, 0.3) is 0 Å². The average molecular weight is 266 g/mol. The van der Waals surface area contributed by atoms with Crippen LogP contribution in [0.4, 0.5) is 4.39 Å². The fourth-order valence-corrected chi connectivity index (χ4v) is 1.24. The molecule has 1 rings (SSSR count). The number of carbonyl (C=O) groups excluding carboxylic acids is 1. The van der Waals surface area contributed by atoms with Crippen LogP contribution in [0.5, 0.6) is 11.5 Å². The molecular formula is C10H13ClFNO4. The largest absolute Gasteiger partial charge is 0.504 e. The van der Waals surface area contributed by atoms with Crippen LogP contribution >= 0.6 is 12.4 Å². The summed E-state index contributed by atoms with van der Waals surface area (Å²) in [5, 5.41) is 9.65. The number of rotatable bonds is 3. The quantitative estimate of drug-likeness (QED) is 0.801. The molecule has 1 atom stereocenters. The minimum Gasteiger partial charge on any atom is -0.504 e. The van der Waals surface area contributed by atoms with Gasteiger partial charge >= 0.3 is 5.97 Å². The van der Waals surface area contributed by atoms with Crippen molar-refractivity contribution in [3.05, 3.63) is 23.5 Å². The van der Waals surface area contributed by atoms with Crippen molar-refractivity contribution in [3.63, 3.8) is 0 Å². The summed E-state index contributed by atoms with van der Waals surface area (Å²) in [7, 11) is 2.41. The molecule has 0 amide bonds. The van der Waals surface area contributed by atoms with Crippen LogP contribution in [-0.4, -0.2) is 25.3 Å². The molecule has 0 spiro atoms. The summed E-state index contributed by atoms with van der Waals surface area (Å²) in [5.41, 5.74) is 5.41. The van der Waals surface area contributed by atoms with Crippen LogP contribution < -0.4 is 10.5 Å². The van der Waals surface area contributed by atoms with Crippen molar-refractivity contribution in [2.45, 2.75) is 6.04 Å². The smallest absolute Gasteiger partial charge is 0.327 e. The maximum absolute atomic E-state index is 13.1. The number of hydrogen-bond acceptors (Lipinski definition) is 5. The highest BCUT2D eigenvalue weighted by Gasteiger charge is 2.23. The highest BCUT2D eigenvalue weighted by Crippen LogP contribution is 2.34. The van der Waals surface area contributed by atoms with E-state index in [1.54, 1.807) is 0 Å². The monoisotopic (exact) mass is 265 g/mol. The number of aromatic hydroxyl groups is 1. The van der Waals surface area contributed by atoms with Gasteiger partial charge in [0.15, 0.2) is 11.5 Å². The predicted octanol–water partition coefficient (Wildman–Crippen LogP) is 1.13. The molecule has 0 unspecified atom stereocenters. The van der Waals surface area contributed by atoms with Crippen LogP contribution in [0, 0.1) is 5.82 Å². The third-order valence-electron chi connectivity index (χ3n) is 2.08. The standard InChI is InChI=1S/C10H12FNO4.ClH/c1-15-7-4-5(11)3-6(9(7)13)8(12)10(14)16-2;/h3-4,8,13H,12H2,1-2H3;1H/t8-;/m0./s1. The van der Waals surface area contributed by atoms with Crippen molar-refractivity contribution in [1.82, 2.24) is 0 Å². The van der Waals surface area contributed by atoms with Gasteiger partial charge in [0.1, 0.15) is 11.9 Å². The number of benzene rings is 1. The zero-order chi connectivity index (χ0) is 12.3. The first-order valence-electron chi connectivity index (χ1n) is 4.41. The fourth-order valence-electron chi connectivity index (χ4n) is 1.24. The van der Waals surface area contributed by atoms with Crippen LogP contribution in [-0.2, 0) is 9.53 Å². The van der Waals surface area contributed by atoms with Gasteiger partial charge in [0.05, 0.1) is 14.2 Å². The first kappa shape index (κ1) is 15.5. The number of nitrogens with two attached hydrogens (primary N) is 1. The summed E-state index contributed by atoms with van der Waals surface area (Å²) in [6.07, 6.45) is 0. The molecule has 0 aliphatic carbocycles. The second-order valence-corrected chi connectivity index (χ2v) is 3.05. The molecule has 0 saturated carbocycles. The van der Waals surface area contributed by atoms with E-state index in [1.165, 1.54) is 7.11 Å². The summed E-state index contributed by atoms with van der Waals surface area (Å²) >= 11 is 0. The Kier molecular flexibility index (Phi) is 5.70. The summed E-state index contributed by atoms with van der Waals surface area (Å²) in [6, 6.07) is 0.692. The third-order valence-corrected chi connectivity index (χ3v) is 2.08. The van der Waals surface area contributed by atoms with Crippen molar-refractivity contribution in [2.24, 2.45) is 5.73 Å². The lowest BCUT2D eigenvalue weighted by atomic mass is 10.1. The molecule has 0 fully saturated rings. The Balaban J connectivity index is 0.00000256. The number of hydrogen-bond donors (Lipinski definition) is 2. The minimum atomic E-state index is -1.26. The van der Waals surface area contributed by atoms with Gasteiger partial charge in [-0.05, 0) is 6.07 Å². The number of ether oxygens (including phenoxy) is 2. The molecule has 0 radical (unpaired) electrons. The average Bonchev–Trinajstić information content (AvgIpc) is 2.29. The molecule has 1 aromatic carbocycles. The van der Waals surface area contributed by atoms with E-state index in [4.69, 9.17) is 10.5 Å². The van der Waals surface area contributed by atoms with E-state index >= 15 is 0 Å². The molecule has 1 aromatic rings. The van der Waals surface area contributed by atoms with Gasteiger partial charge in [-0.2, -0.15) is 0 Å². The van der Waals surface area contributed by atoms with Gasteiger partial charge in [0.2, 0.25) is 0 Å². The third kappa shape index (κ3) is 3.21. The van der Waals surface area contributed by atoms with Crippen molar-refractivity contribution in [3.8, 4) is 11.5 Å². The molecule has 0 aliphatic heterocycles. The zero-order valence-electron chi connectivity index (χ0n) is 9.27. The van der Waals surface area contributed by atoms with Gasteiger partial charge in [0, 0.05) is 11.6 Å². The molecule has 3 N–H and O–H groups in total. The maximum Gasteiger partial charge on any atom is 0.327 e. The van der Waals surface area contributed by atoms with Crippen LogP contribution in [0.2, 0.25) is 0 Å². The van der Waals surface area contributed by atoms with Gasteiger partial charge < -0.3 is 20.3 Å². The molecule has 17 heavy (non-hydrogen) atoms. The number of carbonyl (C=O) groups is 1. The van der Waals surface area contributed by atoms with Crippen LogP contribution in [0.3, 0.4) is 0 Å². The molecule has 0 aliphatic rings. The molecule has 0 heterocycles. The summed E-state index contributed by atoms with van der Waals surface area (Å²) in [6.45, 7) is 0. The number of halogens is 2. The highest BCUT2D eigenvalue weighted by molar-refractivity contribution is 5.85. The summed E-state index contributed by atoms with van der Waals surface area (Å²) < 4.78 is 22.3. The van der Waals surface area contributed by atoms with Crippen molar-refractivity contribution >= 4 is 18.4 Å². The minimum absolute atomic E-state index is 0. The lowest BCUT2D eigenvalue weighted by Crippen LogP contribution is -2.22. The maximum atomic E-state index is 13.1. The van der Waals surface area contributed by atoms with E-state index < -0.39 is 17.8 Å². The summed E-state index contributed by atoms with van der Waals surface area (Å²) in [4.78, 5) is 11.2. The van der Waals surface area contributed by atoms with Gasteiger partial charge in [-0.15, -0.1) is 12.4 Å². The Morgan fingerprint density at radius 1 is 1.47 bits per heavy atom. The zero-order valence-corrected chi connectivity index (χ0v) is 10.1. The van der Waals surface area contributed by atoms with Gasteiger partial charge in [-0.1, -0.05) is 0 Å². The van der Waals surface area contributed by atoms with E-state index in [9.17, 15) is 14.3 Å². The Morgan fingerprint density at radius 3 is 2.53 bits per heavy atom. The normalized spacial score (nSPS) is 11.3. The molecule has 5 nitrogen and oxygen atoms in total. The van der Waals surface area contributed by atoms with Gasteiger partial charge in [-0.25, -0.2) is 4.39 Å². The van der Waals surface area contributed by atoms with Crippen molar-refractivity contribution in [1.29, 1.82) is 0 Å². The molecule has 0 bridgehead atoms. The van der Waals surface area contributed by atoms with Gasteiger partial charge in [-0.3, -0.25) is 4.79 Å². The van der Waals surface area contributed by atoms with E-state index in [2.05, 4.69) is 4.74 Å². The fraction of sp³-hybridized carbons (Fsp3) is 0.300. The predicted molar refractivity (Wildman–Crippen MR) is 60.8 cm³/mol. The Morgan fingerprint density at radius 2 is 2.06 bits per heavy atom. The second-order valence-electron chi connectivity index (χ2n) is 3.05. The second kappa shape index (κ2) is 6.27. The highest BCUT2D eigenvalue weighted by atomic mass is 35.5. The molecule has 7 heteroatoms. The number of esters is 1. The summed E-state index contributed by atoms with van der Waals surface area (Å²) in [5.74, 6) is -1.90. The van der Waals surface area contributed by atoms with E-state index in [0.29, 0.717) is 0 Å². The SMILES string of the molecule is COC(=O)[C@@H](N)c1cc(F)cc(OC)c1O.Cl. The van der Waals surface area contributed by atoms with Crippen molar-refractivity contribution < 1.29 is 23.8 Å². The molecular weight excluding hydrogens is 253 g/mol. The Labute approximate surface area is 104 Å². The van der Waals surface area contributed by atoms with Crippen molar-refractivity contribution in [2.75, 3.05) is 14.2 Å². The lowest BCUT2D eigenvalue weighted by molar-refractivity contribution is -0.142. The van der Waals surface area contributed by atoms with Crippen LogP contribution in [0.15, 0.2) is 12.1 Å².